The number of allylic oxidation sites excluding steroid dienone is 1. The molecule has 1 unspecified atom stereocenters. The van der Waals surface area contributed by atoms with Crippen molar-refractivity contribution in [3.8, 4) is 0 Å². The first-order chi connectivity index (χ1) is 6.49. The van der Waals surface area contributed by atoms with Gasteiger partial charge in [-0.3, -0.25) is 0 Å². The number of aliphatic hydroxyl groups is 1. The molecule has 0 aliphatic heterocycles. The van der Waals surface area contributed by atoms with Crippen molar-refractivity contribution in [1.29, 1.82) is 0 Å². The molecule has 3 heteroatoms. The SMILES string of the molecule is CC(C)=CC(O)c1cc(F)cc(F)c1. The number of aliphatic hydroxyl groups excluding tert-OH is 1. The van der Waals surface area contributed by atoms with Gasteiger partial charge in [0, 0.05) is 6.07 Å². The van der Waals surface area contributed by atoms with Gasteiger partial charge in [-0.2, -0.15) is 0 Å². The number of rotatable bonds is 2. The maximum atomic E-state index is 12.8. The average molecular weight is 198 g/mol. The predicted molar refractivity (Wildman–Crippen MR) is 50.7 cm³/mol. The lowest BCUT2D eigenvalue weighted by Crippen LogP contribution is -1.96. The Kier molecular flexibility index (Phi) is 3.36. The van der Waals surface area contributed by atoms with Gasteiger partial charge in [0.15, 0.2) is 0 Å². The van der Waals surface area contributed by atoms with Crippen molar-refractivity contribution in [2.24, 2.45) is 0 Å². The maximum Gasteiger partial charge on any atom is 0.126 e. The van der Waals surface area contributed by atoms with E-state index >= 15 is 0 Å². The van der Waals surface area contributed by atoms with Gasteiger partial charge in [0.2, 0.25) is 0 Å². The summed E-state index contributed by atoms with van der Waals surface area (Å²) < 4.78 is 25.5. The largest absolute Gasteiger partial charge is 0.384 e. The summed E-state index contributed by atoms with van der Waals surface area (Å²) in [6.07, 6.45) is 0.582. The van der Waals surface area contributed by atoms with Gasteiger partial charge in [0.25, 0.3) is 0 Å². The first kappa shape index (κ1) is 10.9. The van der Waals surface area contributed by atoms with Gasteiger partial charge in [-0.25, -0.2) is 8.78 Å². The monoisotopic (exact) mass is 198 g/mol. The van der Waals surface area contributed by atoms with Crippen LogP contribution in [0.2, 0.25) is 0 Å². The van der Waals surface area contributed by atoms with E-state index < -0.39 is 17.7 Å². The van der Waals surface area contributed by atoms with E-state index in [1.165, 1.54) is 6.08 Å². The fraction of sp³-hybridized carbons (Fsp3) is 0.273. The quantitative estimate of drug-likeness (QED) is 0.724. The molecule has 0 saturated carbocycles. The third-order valence-corrected chi connectivity index (χ3v) is 1.72. The van der Waals surface area contributed by atoms with E-state index in [0.29, 0.717) is 0 Å². The first-order valence-corrected chi connectivity index (χ1v) is 4.28. The van der Waals surface area contributed by atoms with E-state index in [1.807, 2.05) is 0 Å². The average Bonchev–Trinajstić information content (AvgIpc) is 2.00. The summed E-state index contributed by atoms with van der Waals surface area (Å²) in [5.41, 5.74) is 1.12. The second kappa shape index (κ2) is 4.33. The second-order valence-corrected chi connectivity index (χ2v) is 3.39. The Hall–Kier alpha value is -1.22. The Balaban J connectivity index is 3.01. The van der Waals surface area contributed by atoms with Gasteiger partial charge in [-0.15, -0.1) is 0 Å². The summed E-state index contributed by atoms with van der Waals surface area (Å²) in [6, 6.07) is 3.01. The molecule has 1 atom stereocenters. The van der Waals surface area contributed by atoms with E-state index in [1.54, 1.807) is 13.8 Å². The van der Waals surface area contributed by atoms with Crippen molar-refractivity contribution in [2.45, 2.75) is 20.0 Å². The third-order valence-electron chi connectivity index (χ3n) is 1.72. The lowest BCUT2D eigenvalue weighted by Gasteiger charge is -2.07. The van der Waals surface area contributed by atoms with E-state index in [9.17, 15) is 13.9 Å². The van der Waals surface area contributed by atoms with Crippen molar-refractivity contribution >= 4 is 0 Å². The molecule has 0 bridgehead atoms. The Morgan fingerprint density at radius 2 is 1.71 bits per heavy atom. The van der Waals surface area contributed by atoms with Gasteiger partial charge in [0.1, 0.15) is 11.6 Å². The van der Waals surface area contributed by atoms with Crippen LogP contribution in [0.25, 0.3) is 0 Å². The zero-order valence-corrected chi connectivity index (χ0v) is 8.09. The highest BCUT2D eigenvalue weighted by Crippen LogP contribution is 2.18. The fourth-order valence-corrected chi connectivity index (χ4v) is 1.16. The lowest BCUT2D eigenvalue weighted by molar-refractivity contribution is 0.226. The molecular weight excluding hydrogens is 186 g/mol. The van der Waals surface area contributed by atoms with Gasteiger partial charge >= 0.3 is 0 Å². The van der Waals surface area contributed by atoms with Crippen LogP contribution in [0, 0.1) is 11.6 Å². The molecule has 14 heavy (non-hydrogen) atoms. The van der Waals surface area contributed by atoms with E-state index in [2.05, 4.69) is 0 Å². The summed E-state index contributed by atoms with van der Waals surface area (Å²) in [6.45, 7) is 3.61. The Morgan fingerprint density at radius 1 is 1.21 bits per heavy atom. The molecule has 1 aromatic rings. The van der Waals surface area contributed by atoms with Crippen LogP contribution in [-0.4, -0.2) is 5.11 Å². The van der Waals surface area contributed by atoms with Crippen molar-refractivity contribution in [2.75, 3.05) is 0 Å². The minimum Gasteiger partial charge on any atom is -0.384 e. The normalized spacial score (nSPS) is 12.4. The summed E-state index contributed by atoms with van der Waals surface area (Å²) in [4.78, 5) is 0. The van der Waals surface area contributed by atoms with Crippen LogP contribution in [0.4, 0.5) is 8.78 Å². The van der Waals surface area contributed by atoms with Gasteiger partial charge < -0.3 is 5.11 Å². The fourth-order valence-electron chi connectivity index (χ4n) is 1.16. The molecule has 1 N–H and O–H groups in total. The van der Waals surface area contributed by atoms with Crippen molar-refractivity contribution in [3.05, 3.63) is 47.0 Å². The molecule has 1 aromatic carbocycles. The van der Waals surface area contributed by atoms with Crippen LogP contribution in [0.5, 0.6) is 0 Å². The van der Waals surface area contributed by atoms with Crippen LogP contribution in [-0.2, 0) is 0 Å². The second-order valence-electron chi connectivity index (χ2n) is 3.39. The molecular formula is C11H12F2O. The smallest absolute Gasteiger partial charge is 0.126 e. The third kappa shape index (κ3) is 2.92. The van der Waals surface area contributed by atoms with Crippen LogP contribution >= 0.6 is 0 Å². The highest BCUT2D eigenvalue weighted by Gasteiger charge is 2.07. The number of hydrogen-bond donors (Lipinski definition) is 1. The first-order valence-electron chi connectivity index (χ1n) is 4.28. The molecule has 0 aromatic heterocycles. The summed E-state index contributed by atoms with van der Waals surface area (Å²) >= 11 is 0. The zero-order valence-electron chi connectivity index (χ0n) is 8.09. The molecule has 1 nitrogen and oxygen atoms in total. The molecule has 0 heterocycles. The zero-order chi connectivity index (χ0) is 10.7. The highest BCUT2D eigenvalue weighted by molar-refractivity contribution is 5.24. The molecule has 0 aliphatic rings. The minimum atomic E-state index is -0.954. The molecule has 76 valence electrons. The molecule has 0 saturated heterocycles. The topological polar surface area (TPSA) is 20.2 Å². The lowest BCUT2D eigenvalue weighted by atomic mass is 10.1. The highest BCUT2D eigenvalue weighted by atomic mass is 19.1. The van der Waals surface area contributed by atoms with Gasteiger partial charge in [-0.1, -0.05) is 11.6 Å². The molecule has 0 aliphatic carbocycles. The van der Waals surface area contributed by atoms with Crippen LogP contribution in [0.3, 0.4) is 0 Å². The number of hydrogen-bond acceptors (Lipinski definition) is 1. The molecule has 0 fully saturated rings. The molecule has 0 amide bonds. The van der Waals surface area contributed by atoms with E-state index in [4.69, 9.17) is 0 Å². The van der Waals surface area contributed by atoms with Crippen molar-refractivity contribution < 1.29 is 13.9 Å². The molecule has 0 spiro atoms. The summed E-state index contributed by atoms with van der Waals surface area (Å²) in [7, 11) is 0. The summed E-state index contributed by atoms with van der Waals surface area (Å²) in [5.74, 6) is -1.36. The standard InChI is InChI=1S/C11H12F2O/c1-7(2)3-11(14)8-4-9(12)6-10(13)5-8/h3-6,11,14H,1-2H3. The van der Waals surface area contributed by atoms with Gasteiger partial charge in [-0.05, 0) is 31.5 Å². The molecule has 0 radical (unpaired) electrons. The van der Waals surface area contributed by atoms with Crippen LogP contribution in [0.15, 0.2) is 29.8 Å². The van der Waals surface area contributed by atoms with Gasteiger partial charge in [0.05, 0.1) is 6.10 Å². The Morgan fingerprint density at radius 3 is 2.14 bits per heavy atom. The van der Waals surface area contributed by atoms with E-state index in [-0.39, 0.29) is 5.56 Å². The van der Waals surface area contributed by atoms with Crippen LogP contribution in [0.1, 0.15) is 25.5 Å². The predicted octanol–water partition coefficient (Wildman–Crippen LogP) is 2.96. The van der Waals surface area contributed by atoms with Crippen molar-refractivity contribution in [3.63, 3.8) is 0 Å². The van der Waals surface area contributed by atoms with Crippen molar-refractivity contribution in [1.82, 2.24) is 0 Å². The Bertz CT molecular complexity index is 334. The minimum absolute atomic E-state index is 0.226. The van der Waals surface area contributed by atoms with Crippen LogP contribution < -0.4 is 0 Å². The number of benzene rings is 1. The maximum absolute atomic E-state index is 12.8. The van der Waals surface area contributed by atoms with E-state index in [0.717, 1.165) is 23.8 Å². The Labute approximate surface area is 81.7 Å². The summed E-state index contributed by atoms with van der Waals surface area (Å²) in [5, 5.41) is 9.53. The molecule has 1 rings (SSSR count). The number of halogens is 2.